The fourth-order valence-corrected chi connectivity index (χ4v) is 3.26. The number of amides is 1. The Morgan fingerprint density at radius 1 is 1.17 bits per heavy atom. The lowest BCUT2D eigenvalue weighted by Crippen LogP contribution is -2.38. The number of imidazole rings is 1. The Bertz CT molecular complexity index is 809. The van der Waals surface area contributed by atoms with E-state index >= 15 is 0 Å². The fraction of sp³-hybridized carbons (Fsp3) is 0.278. The fourth-order valence-electron chi connectivity index (χ4n) is 3.26. The first kappa shape index (κ1) is 14.7. The van der Waals surface area contributed by atoms with E-state index in [4.69, 9.17) is 0 Å². The number of nitrogens with zero attached hydrogens (tertiary/aromatic N) is 3. The number of aromatic nitrogens is 4. The molecule has 2 N–H and O–H groups in total. The normalized spacial score (nSPS) is 17.8. The monoisotopic (exact) mass is 321 g/mol. The van der Waals surface area contributed by atoms with E-state index in [0.29, 0.717) is 5.56 Å². The van der Waals surface area contributed by atoms with Gasteiger partial charge >= 0.3 is 0 Å². The van der Waals surface area contributed by atoms with E-state index in [1.54, 1.807) is 12.4 Å². The molecule has 24 heavy (non-hydrogen) atoms. The van der Waals surface area contributed by atoms with Gasteiger partial charge in [-0.25, -0.2) is 4.98 Å². The maximum atomic E-state index is 12.7. The van der Waals surface area contributed by atoms with Crippen molar-refractivity contribution in [3.05, 3.63) is 60.3 Å². The van der Waals surface area contributed by atoms with Crippen molar-refractivity contribution in [1.29, 1.82) is 0 Å². The molecule has 1 fully saturated rings. The third-order valence-electron chi connectivity index (χ3n) is 4.50. The molecule has 1 aliphatic rings. The van der Waals surface area contributed by atoms with Crippen LogP contribution in [0.15, 0.2) is 48.9 Å². The van der Waals surface area contributed by atoms with E-state index in [1.807, 2.05) is 41.4 Å². The van der Waals surface area contributed by atoms with Crippen molar-refractivity contribution in [2.75, 3.05) is 6.54 Å². The number of rotatable bonds is 3. The van der Waals surface area contributed by atoms with Gasteiger partial charge in [-0.1, -0.05) is 30.3 Å². The highest BCUT2D eigenvalue weighted by Gasteiger charge is 2.31. The van der Waals surface area contributed by atoms with Gasteiger partial charge in [-0.05, 0) is 24.8 Å². The minimum atomic E-state index is -0.0152. The van der Waals surface area contributed by atoms with Gasteiger partial charge in [0.1, 0.15) is 5.82 Å². The van der Waals surface area contributed by atoms with Crippen LogP contribution in [-0.4, -0.2) is 37.5 Å². The summed E-state index contributed by atoms with van der Waals surface area (Å²) < 4.78 is 0. The molecule has 1 aromatic carbocycles. The number of piperidine rings is 1. The predicted octanol–water partition coefficient (Wildman–Crippen LogP) is 3.17. The van der Waals surface area contributed by atoms with Crippen LogP contribution >= 0.6 is 0 Å². The Kier molecular flexibility index (Phi) is 3.86. The van der Waals surface area contributed by atoms with Gasteiger partial charge in [-0.15, -0.1) is 0 Å². The quantitative estimate of drug-likeness (QED) is 0.778. The van der Waals surface area contributed by atoms with Crippen molar-refractivity contribution in [2.24, 2.45) is 0 Å². The molecule has 6 nitrogen and oxygen atoms in total. The Balaban J connectivity index is 1.62. The lowest BCUT2D eigenvalue weighted by Gasteiger charge is -2.34. The summed E-state index contributed by atoms with van der Waals surface area (Å²) in [5.41, 5.74) is 2.67. The number of aromatic amines is 2. The molecule has 0 spiro atoms. The first-order valence-electron chi connectivity index (χ1n) is 8.23. The molecule has 0 radical (unpaired) electrons. The van der Waals surface area contributed by atoms with Gasteiger partial charge in [0.15, 0.2) is 0 Å². The first-order chi connectivity index (χ1) is 11.8. The predicted molar refractivity (Wildman–Crippen MR) is 90.2 cm³/mol. The van der Waals surface area contributed by atoms with Crippen LogP contribution in [0.25, 0.3) is 11.3 Å². The molecule has 6 heteroatoms. The number of carbonyl (C=O) groups is 1. The van der Waals surface area contributed by atoms with Crippen LogP contribution in [0, 0.1) is 0 Å². The van der Waals surface area contributed by atoms with E-state index < -0.39 is 0 Å². The van der Waals surface area contributed by atoms with Gasteiger partial charge < -0.3 is 9.88 Å². The largest absolute Gasteiger partial charge is 0.340 e. The summed E-state index contributed by atoms with van der Waals surface area (Å²) in [5, 5.41) is 6.59. The average Bonchev–Trinajstić information content (AvgIpc) is 3.34. The zero-order valence-corrected chi connectivity index (χ0v) is 13.3. The van der Waals surface area contributed by atoms with Crippen molar-refractivity contribution in [2.45, 2.75) is 25.3 Å². The summed E-state index contributed by atoms with van der Waals surface area (Å²) in [6.45, 7) is 0.746. The van der Waals surface area contributed by atoms with Gasteiger partial charge in [-0.2, -0.15) is 5.10 Å². The summed E-state index contributed by atoms with van der Waals surface area (Å²) in [6.07, 6.45) is 8.11. The number of H-pyrrole nitrogens is 2. The number of nitrogens with one attached hydrogen (secondary N) is 2. The van der Waals surface area contributed by atoms with Crippen LogP contribution in [0.1, 0.15) is 41.5 Å². The average molecular weight is 321 g/mol. The Morgan fingerprint density at radius 3 is 2.83 bits per heavy atom. The molecular formula is C18H19N5O. The highest BCUT2D eigenvalue weighted by Crippen LogP contribution is 2.31. The first-order valence-corrected chi connectivity index (χ1v) is 8.23. The summed E-state index contributed by atoms with van der Waals surface area (Å²) in [5.74, 6) is 0.858. The highest BCUT2D eigenvalue weighted by molar-refractivity contribution is 5.94. The minimum Gasteiger partial charge on any atom is -0.340 e. The molecule has 0 unspecified atom stereocenters. The van der Waals surface area contributed by atoms with Crippen molar-refractivity contribution in [3.63, 3.8) is 0 Å². The molecule has 2 aromatic heterocycles. The van der Waals surface area contributed by atoms with E-state index in [2.05, 4.69) is 20.2 Å². The Hall–Kier alpha value is -2.89. The van der Waals surface area contributed by atoms with Crippen LogP contribution in [0.2, 0.25) is 0 Å². The third-order valence-corrected chi connectivity index (χ3v) is 4.50. The molecular weight excluding hydrogens is 302 g/mol. The van der Waals surface area contributed by atoms with Crippen molar-refractivity contribution in [1.82, 2.24) is 25.1 Å². The SMILES string of the molecule is O=C(c1cn[nH]c1)N1CCCC[C@H]1c1ncc(-c2ccccc2)[nH]1. The van der Waals surface area contributed by atoms with E-state index in [1.165, 1.54) is 0 Å². The molecule has 1 atom stereocenters. The zero-order chi connectivity index (χ0) is 16.4. The number of likely N-dealkylation sites (tertiary alicyclic amines) is 1. The number of carbonyl (C=O) groups excluding carboxylic acids is 1. The van der Waals surface area contributed by atoms with E-state index in [-0.39, 0.29) is 11.9 Å². The second-order valence-electron chi connectivity index (χ2n) is 6.05. The zero-order valence-electron chi connectivity index (χ0n) is 13.3. The maximum Gasteiger partial charge on any atom is 0.257 e. The van der Waals surface area contributed by atoms with Gasteiger partial charge in [0.05, 0.1) is 29.7 Å². The number of hydrogen-bond acceptors (Lipinski definition) is 3. The molecule has 3 heterocycles. The molecule has 3 aromatic rings. The molecule has 1 amide bonds. The van der Waals surface area contributed by atoms with Crippen LogP contribution in [0.5, 0.6) is 0 Å². The van der Waals surface area contributed by atoms with Crippen molar-refractivity contribution in [3.8, 4) is 11.3 Å². The van der Waals surface area contributed by atoms with Gasteiger partial charge in [-0.3, -0.25) is 9.89 Å². The van der Waals surface area contributed by atoms with Crippen LogP contribution in [0.3, 0.4) is 0 Å². The smallest absolute Gasteiger partial charge is 0.257 e. The van der Waals surface area contributed by atoms with Gasteiger partial charge in [0.2, 0.25) is 0 Å². The number of benzene rings is 1. The molecule has 4 rings (SSSR count). The standard InChI is InChI=1S/C18H19N5O/c24-18(14-10-20-21-11-14)23-9-5-4-8-16(23)17-19-12-15(22-17)13-6-2-1-3-7-13/h1-3,6-7,10-12,16H,4-5,8-9H2,(H,19,22)(H,20,21)/t16-/m0/s1. The maximum absolute atomic E-state index is 12.7. The molecule has 0 bridgehead atoms. The molecule has 122 valence electrons. The highest BCUT2D eigenvalue weighted by atomic mass is 16.2. The van der Waals surface area contributed by atoms with Gasteiger partial charge in [0, 0.05) is 12.7 Å². The summed E-state index contributed by atoms with van der Waals surface area (Å²) in [7, 11) is 0. The van der Waals surface area contributed by atoms with Crippen molar-refractivity contribution < 1.29 is 4.79 Å². The van der Waals surface area contributed by atoms with Crippen LogP contribution in [0.4, 0.5) is 0 Å². The minimum absolute atomic E-state index is 0.00566. The van der Waals surface area contributed by atoms with E-state index in [0.717, 1.165) is 42.9 Å². The second-order valence-corrected chi connectivity index (χ2v) is 6.05. The summed E-state index contributed by atoms with van der Waals surface area (Å²) >= 11 is 0. The van der Waals surface area contributed by atoms with E-state index in [9.17, 15) is 4.79 Å². The molecule has 0 aliphatic carbocycles. The molecule has 1 saturated heterocycles. The summed E-state index contributed by atoms with van der Waals surface area (Å²) in [6, 6.07) is 10.1. The Labute approximate surface area is 139 Å². The Morgan fingerprint density at radius 2 is 2.04 bits per heavy atom. The van der Waals surface area contributed by atoms with Crippen LogP contribution in [-0.2, 0) is 0 Å². The van der Waals surface area contributed by atoms with Crippen LogP contribution < -0.4 is 0 Å². The third kappa shape index (κ3) is 2.71. The topological polar surface area (TPSA) is 77.7 Å². The van der Waals surface area contributed by atoms with Gasteiger partial charge in [0.25, 0.3) is 5.91 Å². The van der Waals surface area contributed by atoms with Crippen molar-refractivity contribution >= 4 is 5.91 Å². The second kappa shape index (κ2) is 6.31. The number of hydrogen-bond donors (Lipinski definition) is 2. The molecule has 0 saturated carbocycles. The lowest BCUT2D eigenvalue weighted by molar-refractivity contribution is 0.0601. The lowest BCUT2D eigenvalue weighted by atomic mass is 10.0. The molecule has 1 aliphatic heterocycles. The summed E-state index contributed by atoms with van der Waals surface area (Å²) in [4.78, 5) is 22.6.